The third-order valence-corrected chi connectivity index (χ3v) is 5.84. The average Bonchev–Trinajstić information content (AvgIpc) is 3.51. The van der Waals surface area contributed by atoms with E-state index in [2.05, 4.69) is 27.4 Å². The maximum absolute atomic E-state index is 12.2. The number of carbonyl (C=O) groups excluding carboxylic acids is 1. The molecule has 0 unspecified atom stereocenters. The molecule has 1 saturated heterocycles. The number of aryl methyl sites for hydroxylation is 1. The zero-order valence-electron chi connectivity index (χ0n) is 18.5. The minimum absolute atomic E-state index is 0. The Balaban J connectivity index is 0.00000133. The number of hydrogen-bond donors (Lipinski definition) is 2. The molecule has 1 amide bonds. The van der Waals surface area contributed by atoms with Crippen LogP contribution in [0.25, 0.3) is 0 Å². The van der Waals surface area contributed by atoms with Crippen LogP contribution in [0.3, 0.4) is 0 Å². The molecule has 31 heavy (non-hydrogen) atoms. The highest BCUT2D eigenvalue weighted by molar-refractivity contribution is 7.10. The summed E-state index contributed by atoms with van der Waals surface area (Å²) in [6.07, 6.45) is 5.57. The second-order valence-corrected chi connectivity index (χ2v) is 8.13. The van der Waals surface area contributed by atoms with Crippen LogP contribution in [0.5, 0.6) is 0 Å². The zero-order chi connectivity index (χ0) is 22.1. The van der Waals surface area contributed by atoms with Gasteiger partial charge in [-0.15, -0.1) is 11.3 Å². The van der Waals surface area contributed by atoms with Gasteiger partial charge in [-0.05, 0) is 55.0 Å². The van der Waals surface area contributed by atoms with Gasteiger partial charge in [0.2, 0.25) is 11.9 Å². The Bertz CT molecular complexity index is 961. The van der Waals surface area contributed by atoms with Crippen molar-refractivity contribution in [3.05, 3.63) is 58.4 Å². The Labute approximate surface area is 191 Å². The lowest BCUT2D eigenvalue weighted by Gasteiger charge is -2.18. The molecule has 0 radical (unpaired) electrons. The maximum Gasteiger partial charge on any atom is 0.229 e. The lowest BCUT2D eigenvalue weighted by molar-refractivity contribution is -0.115. The minimum atomic E-state index is -0.00696. The van der Waals surface area contributed by atoms with E-state index >= 15 is 0 Å². The Hall–Kier alpha value is -2.93. The third-order valence-electron chi connectivity index (χ3n) is 4.97. The number of amides is 1. The van der Waals surface area contributed by atoms with Crippen LogP contribution < -0.4 is 15.5 Å². The summed E-state index contributed by atoms with van der Waals surface area (Å²) < 4.78 is 0. The molecule has 2 aromatic heterocycles. The van der Waals surface area contributed by atoms with Crippen LogP contribution in [0.1, 0.15) is 46.9 Å². The summed E-state index contributed by atoms with van der Waals surface area (Å²) in [5.41, 5.74) is 2.80. The van der Waals surface area contributed by atoms with E-state index in [4.69, 9.17) is 4.98 Å². The molecular weight excluding hydrogens is 406 g/mol. The fourth-order valence-corrected chi connectivity index (χ4v) is 4.09. The Kier molecular flexibility index (Phi) is 8.41. The van der Waals surface area contributed by atoms with E-state index in [0.29, 0.717) is 6.42 Å². The molecule has 3 heterocycles. The monoisotopic (exact) mass is 441 g/mol. The van der Waals surface area contributed by atoms with E-state index in [0.717, 1.165) is 53.1 Å². The largest absolute Gasteiger partial charge is 0.341 e. The predicted molar refractivity (Wildman–Crippen MR) is 135 cm³/mol. The minimum Gasteiger partial charge on any atom is -0.341 e. The molecule has 1 aromatic carbocycles. The molecule has 0 saturated carbocycles. The summed E-state index contributed by atoms with van der Waals surface area (Å²) in [5, 5.41) is 8.35. The highest BCUT2D eigenvalue weighted by atomic mass is 32.1. The quantitative estimate of drug-likeness (QED) is 0.460. The van der Waals surface area contributed by atoms with Gasteiger partial charge in [0.15, 0.2) is 0 Å². The van der Waals surface area contributed by atoms with Gasteiger partial charge in [0.25, 0.3) is 0 Å². The van der Waals surface area contributed by atoms with Crippen molar-refractivity contribution in [1.82, 2.24) is 9.97 Å². The van der Waals surface area contributed by atoms with Crippen molar-refractivity contribution in [1.29, 1.82) is 0 Å². The van der Waals surface area contributed by atoms with Gasteiger partial charge in [-0.1, -0.05) is 26.8 Å². The molecule has 0 atom stereocenters. The summed E-state index contributed by atoms with van der Waals surface area (Å²) in [4.78, 5) is 24.8. The van der Waals surface area contributed by atoms with Crippen molar-refractivity contribution in [3.8, 4) is 0 Å². The topological polar surface area (TPSA) is 70.2 Å². The number of hydrogen-bond acceptors (Lipinski definition) is 6. The lowest BCUT2D eigenvalue weighted by Crippen LogP contribution is -2.21. The van der Waals surface area contributed by atoms with Crippen LogP contribution in [0.4, 0.5) is 23.1 Å². The van der Waals surface area contributed by atoms with E-state index in [1.165, 1.54) is 12.8 Å². The van der Waals surface area contributed by atoms with Crippen molar-refractivity contribution in [2.24, 2.45) is 0 Å². The molecule has 168 valence electrons. The van der Waals surface area contributed by atoms with E-state index in [1.54, 1.807) is 11.3 Å². The number of nitrogens with one attached hydrogen (secondary N) is 2. The van der Waals surface area contributed by atoms with E-state index in [1.807, 2.05) is 61.8 Å². The first-order chi connectivity index (χ1) is 15.2. The average molecular weight is 442 g/mol. The van der Waals surface area contributed by atoms with Crippen LogP contribution in [0.2, 0.25) is 0 Å². The van der Waals surface area contributed by atoms with Gasteiger partial charge in [0.1, 0.15) is 5.82 Å². The Morgan fingerprint density at radius 1 is 1.13 bits per heavy atom. The van der Waals surface area contributed by atoms with Crippen LogP contribution in [-0.4, -0.2) is 29.0 Å². The molecular formula is C24H35N5OS. The maximum atomic E-state index is 12.2. The number of anilines is 4. The van der Waals surface area contributed by atoms with Gasteiger partial charge in [0.05, 0.1) is 6.42 Å². The first-order valence-corrected chi connectivity index (χ1v) is 11.9. The fourth-order valence-electron chi connectivity index (χ4n) is 3.38. The van der Waals surface area contributed by atoms with Gasteiger partial charge < -0.3 is 15.5 Å². The Morgan fingerprint density at radius 2 is 1.84 bits per heavy atom. The van der Waals surface area contributed by atoms with Crippen LogP contribution in [-0.2, 0) is 17.6 Å². The molecule has 1 aliphatic heterocycles. The summed E-state index contributed by atoms with van der Waals surface area (Å²) in [6, 6.07) is 11.7. The fraction of sp³-hybridized carbons (Fsp3) is 0.375. The zero-order valence-corrected chi connectivity index (χ0v) is 19.3. The Morgan fingerprint density at radius 3 is 2.48 bits per heavy atom. The van der Waals surface area contributed by atoms with E-state index < -0.39 is 0 Å². The third kappa shape index (κ3) is 6.28. The predicted octanol–water partition coefficient (Wildman–Crippen LogP) is 6.14. The highest BCUT2D eigenvalue weighted by Gasteiger charge is 2.16. The first kappa shape index (κ1) is 22.7. The lowest BCUT2D eigenvalue weighted by atomic mass is 10.2. The highest BCUT2D eigenvalue weighted by Crippen LogP contribution is 2.24. The van der Waals surface area contributed by atoms with Gasteiger partial charge in [-0.3, -0.25) is 4.79 Å². The van der Waals surface area contributed by atoms with Gasteiger partial charge in [0, 0.05) is 44.0 Å². The molecule has 2 N–H and O–H groups in total. The molecule has 0 bridgehead atoms. The molecule has 1 fully saturated rings. The molecule has 0 aliphatic carbocycles. The van der Waals surface area contributed by atoms with Crippen molar-refractivity contribution < 1.29 is 7.65 Å². The number of carbonyl (C=O) groups is 1. The molecule has 4 rings (SSSR count). The number of thiophene rings is 1. The SMILES string of the molecule is CC.CCc1cnc(N2CCCC2)nc1Nc1ccc(NC(=O)Cc2cccs2)cc1.[HH].[HH]. The van der Waals surface area contributed by atoms with Crippen LogP contribution in [0.15, 0.2) is 48.0 Å². The van der Waals surface area contributed by atoms with Gasteiger partial charge in [-0.2, -0.15) is 4.98 Å². The second-order valence-electron chi connectivity index (χ2n) is 7.10. The summed E-state index contributed by atoms with van der Waals surface area (Å²) >= 11 is 1.59. The summed E-state index contributed by atoms with van der Waals surface area (Å²) in [6.45, 7) is 8.14. The normalized spacial score (nSPS) is 12.8. The molecule has 6 nitrogen and oxygen atoms in total. The molecule has 3 aromatic rings. The molecule has 1 aliphatic rings. The van der Waals surface area contributed by atoms with Gasteiger partial charge in [-0.25, -0.2) is 4.98 Å². The van der Waals surface area contributed by atoms with Crippen LogP contribution >= 0.6 is 11.3 Å². The van der Waals surface area contributed by atoms with E-state index in [-0.39, 0.29) is 8.76 Å². The second kappa shape index (κ2) is 11.5. The number of aromatic nitrogens is 2. The molecule has 0 spiro atoms. The number of rotatable bonds is 7. The summed E-state index contributed by atoms with van der Waals surface area (Å²) in [7, 11) is 0. The first-order valence-electron chi connectivity index (χ1n) is 11.0. The standard InChI is InChI=1S/C22H25N5OS.C2H6.2H2/c1-2-16-15-23-22(27-11-3-4-12-27)26-21(16)25-18-9-7-17(8-10-18)24-20(28)14-19-6-5-13-29-19;1-2;;/h5-10,13,15H,2-4,11-12,14H2,1H3,(H,24,28)(H,23,25,26);1-2H3;2*1H. The number of benzene rings is 1. The van der Waals surface area contributed by atoms with Crippen molar-refractivity contribution in [3.63, 3.8) is 0 Å². The van der Waals surface area contributed by atoms with Gasteiger partial charge >= 0.3 is 0 Å². The smallest absolute Gasteiger partial charge is 0.229 e. The van der Waals surface area contributed by atoms with Crippen LogP contribution in [0, 0.1) is 0 Å². The van der Waals surface area contributed by atoms with E-state index in [9.17, 15) is 4.79 Å². The van der Waals surface area contributed by atoms with Crippen molar-refractivity contribution in [2.45, 2.75) is 46.5 Å². The number of nitrogens with zero attached hydrogens (tertiary/aromatic N) is 3. The van der Waals surface area contributed by atoms with Crippen molar-refractivity contribution >= 4 is 40.4 Å². The molecule has 7 heteroatoms. The van der Waals surface area contributed by atoms with Crippen molar-refractivity contribution in [2.75, 3.05) is 28.6 Å². The summed E-state index contributed by atoms with van der Waals surface area (Å²) in [5.74, 6) is 1.63.